The first-order chi connectivity index (χ1) is 9.79. The van der Waals surface area contributed by atoms with Crippen LogP contribution in [0.4, 0.5) is 5.82 Å². The first-order valence-electron chi connectivity index (χ1n) is 7.04. The molecule has 0 unspecified atom stereocenters. The van der Waals surface area contributed by atoms with Gasteiger partial charge in [-0.1, -0.05) is 12.8 Å². The van der Waals surface area contributed by atoms with Crippen molar-refractivity contribution in [3.63, 3.8) is 0 Å². The molecule has 0 aromatic carbocycles. The lowest BCUT2D eigenvalue weighted by molar-refractivity contribution is 0.292. The second-order valence-electron chi connectivity index (χ2n) is 5.11. The highest BCUT2D eigenvalue weighted by molar-refractivity contribution is 6.28. The van der Waals surface area contributed by atoms with E-state index in [1.807, 2.05) is 6.33 Å². The molecular weight excluding hydrogens is 278 g/mol. The van der Waals surface area contributed by atoms with Crippen molar-refractivity contribution in [2.45, 2.75) is 38.1 Å². The van der Waals surface area contributed by atoms with Crippen LogP contribution in [0.25, 0.3) is 11.2 Å². The summed E-state index contributed by atoms with van der Waals surface area (Å²) in [4.78, 5) is 13.0. The number of imidazole rings is 1. The predicted octanol–water partition coefficient (Wildman–Crippen LogP) is 2.39. The first-order valence-corrected chi connectivity index (χ1v) is 7.42. The van der Waals surface area contributed by atoms with Crippen molar-refractivity contribution in [2.24, 2.45) is 0 Å². The molecular formula is C13H18ClN5O. The molecule has 0 aliphatic heterocycles. The molecule has 3 rings (SSSR count). The largest absolute Gasteiger partial charge is 0.396 e. The van der Waals surface area contributed by atoms with Gasteiger partial charge >= 0.3 is 0 Å². The summed E-state index contributed by atoms with van der Waals surface area (Å²) in [6, 6.07) is 0.469. The number of fused-ring (bicyclic) bond motifs is 1. The zero-order chi connectivity index (χ0) is 13.9. The maximum atomic E-state index is 8.84. The molecule has 0 radical (unpaired) electrons. The van der Waals surface area contributed by atoms with Crippen molar-refractivity contribution in [3.05, 3.63) is 11.6 Å². The summed E-state index contributed by atoms with van der Waals surface area (Å²) >= 11 is 6.02. The summed E-state index contributed by atoms with van der Waals surface area (Å²) in [5, 5.41) is 12.2. The van der Waals surface area contributed by atoms with Gasteiger partial charge in [-0.3, -0.25) is 0 Å². The Balaban J connectivity index is 1.95. The van der Waals surface area contributed by atoms with Crippen LogP contribution in [0.5, 0.6) is 0 Å². The summed E-state index contributed by atoms with van der Waals surface area (Å²) in [5.74, 6) is 0.644. The number of nitrogens with one attached hydrogen (secondary N) is 1. The van der Waals surface area contributed by atoms with Gasteiger partial charge in [-0.05, 0) is 30.9 Å². The van der Waals surface area contributed by atoms with E-state index in [4.69, 9.17) is 16.7 Å². The number of anilines is 1. The second-order valence-corrected chi connectivity index (χ2v) is 5.45. The summed E-state index contributed by atoms with van der Waals surface area (Å²) < 4.78 is 2.12. The zero-order valence-electron chi connectivity index (χ0n) is 11.2. The van der Waals surface area contributed by atoms with Crippen molar-refractivity contribution >= 4 is 28.6 Å². The van der Waals surface area contributed by atoms with Crippen LogP contribution in [-0.4, -0.2) is 37.8 Å². The molecule has 2 heterocycles. The van der Waals surface area contributed by atoms with Crippen molar-refractivity contribution in [2.75, 3.05) is 18.5 Å². The minimum Gasteiger partial charge on any atom is -0.396 e. The molecule has 1 saturated carbocycles. The number of hydrogen-bond acceptors (Lipinski definition) is 5. The Morgan fingerprint density at radius 3 is 2.90 bits per heavy atom. The van der Waals surface area contributed by atoms with Gasteiger partial charge in [0.05, 0.1) is 6.33 Å². The Morgan fingerprint density at radius 2 is 2.15 bits per heavy atom. The van der Waals surface area contributed by atoms with Gasteiger partial charge in [-0.15, -0.1) is 0 Å². The summed E-state index contributed by atoms with van der Waals surface area (Å²) in [7, 11) is 0. The molecule has 1 aliphatic carbocycles. The normalized spacial score (nSPS) is 16.1. The van der Waals surface area contributed by atoms with Crippen LogP contribution in [0.15, 0.2) is 6.33 Å². The highest BCUT2D eigenvalue weighted by atomic mass is 35.5. The van der Waals surface area contributed by atoms with Crippen molar-refractivity contribution < 1.29 is 5.11 Å². The molecule has 2 aromatic heterocycles. The third-order valence-corrected chi connectivity index (χ3v) is 3.91. The van der Waals surface area contributed by atoms with Crippen molar-refractivity contribution in [1.29, 1.82) is 0 Å². The maximum Gasteiger partial charge on any atom is 0.226 e. The first kappa shape index (κ1) is 13.6. The van der Waals surface area contributed by atoms with Gasteiger partial charge in [-0.2, -0.15) is 9.97 Å². The quantitative estimate of drug-likeness (QED) is 0.654. The fraction of sp³-hybridized carbons (Fsp3) is 0.615. The molecule has 2 aromatic rings. The van der Waals surface area contributed by atoms with Crippen LogP contribution in [0.3, 0.4) is 0 Å². The average molecular weight is 296 g/mol. The highest BCUT2D eigenvalue weighted by Crippen LogP contribution is 2.32. The molecule has 0 amide bonds. The van der Waals surface area contributed by atoms with Crippen LogP contribution in [-0.2, 0) is 0 Å². The van der Waals surface area contributed by atoms with Crippen molar-refractivity contribution in [1.82, 2.24) is 19.5 Å². The lowest BCUT2D eigenvalue weighted by Crippen LogP contribution is -2.08. The van der Waals surface area contributed by atoms with E-state index in [0.29, 0.717) is 24.8 Å². The lowest BCUT2D eigenvalue weighted by atomic mass is 10.2. The molecule has 7 heteroatoms. The fourth-order valence-corrected chi connectivity index (χ4v) is 2.91. The van der Waals surface area contributed by atoms with E-state index in [9.17, 15) is 0 Å². The van der Waals surface area contributed by atoms with Gasteiger partial charge in [0.2, 0.25) is 5.28 Å². The van der Waals surface area contributed by atoms with E-state index in [0.717, 1.165) is 11.2 Å². The molecule has 0 atom stereocenters. The van der Waals surface area contributed by atoms with Gasteiger partial charge in [0.25, 0.3) is 0 Å². The summed E-state index contributed by atoms with van der Waals surface area (Å²) in [5.41, 5.74) is 1.54. The number of rotatable bonds is 5. The molecule has 0 spiro atoms. The minimum absolute atomic E-state index is 0.144. The summed E-state index contributed by atoms with van der Waals surface area (Å²) in [6.45, 7) is 0.778. The van der Waals surface area contributed by atoms with Crippen LogP contribution in [0.2, 0.25) is 5.28 Å². The number of aliphatic hydroxyl groups excluding tert-OH is 1. The van der Waals surface area contributed by atoms with Crippen molar-refractivity contribution in [3.8, 4) is 0 Å². The predicted molar refractivity (Wildman–Crippen MR) is 78.0 cm³/mol. The maximum absolute atomic E-state index is 8.84. The molecule has 2 N–H and O–H groups in total. The Morgan fingerprint density at radius 1 is 1.35 bits per heavy atom. The van der Waals surface area contributed by atoms with E-state index in [2.05, 4.69) is 24.8 Å². The van der Waals surface area contributed by atoms with Gasteiger partial charge < -0.3 is 15.0 Å². The number of halogens is 1. The molecule has 0 saturated heterocycles. The fourth-order valence-electron chi connectivity index (χ4n) is 2.75. The Labute approximate surface area is 122 Å². The monoisotopic (exact) mass is 295 g/mol. The van der Waals surface area contributed by atoms with Crippen LogP contribution >= 0.6 is 11.6 Å². The third kappa shape index (κ3) is 2.58. The molecule has 1 fully saturated rings. The number of aromatic nitrogens is 4. The Bertz CT molecular complexity index is 594. The average Bonchev–Trinajstić information content (AvgIpc) is 3.06. The number of hydrogen-bond donors (Lipinski definition) is 2. The lowest BCUT2D eigenvalue weighted by Gasteiger charge is -2.12. The molecule has 108 valence electrons. The number of aliphatic hydroxyl groups is 1. The Kier molecular flexibility index (Phi) is 4.03. The van der Waals surface area contributed by atoms with E-state index in [1.54, 1.807) is 0 Å². The second kappa shape index (κ2) is 5.93. The van der Waals surface area contributed by atoms with Crippen LogP contribution in [0, 0.1) is 0 Å². The van der Waals surface area contributed by atoms with Gasteiger partial charge in [0.15, 0.2) is 17.0 Å². The van der Waals surface area contributed by atoms with Crippen LogP contribution < -0.4 is 5.32 Å². The SMILES string of the molecule is OCCCNc1nc(Cl)nc2c1ncn2C1CCCC1. The Hall–Kier alpha value is -1.40. The molecule has 0 bridgehead atoms. The van der Waals surface area contributed by atoms with E-state index < -0.39 is 0 Å². The topological polar surface area (TPSA) is 75.9 Å². The van der Waals surface area contributed by atoms with Gasteiger partial charge in [0.1, 0.15) is 0 Å². The molecule has 1 aliphatic rings. The smallest absolute Gasteiger partial charge is 0.226 e. The van der Waals surface area contributed by atoms with E-state index in [-0.39, 0.29) is 11.9 Å². The summed E-state index contributed by atoms with van der Waals surface area (Å²) in [6.07, 6.45) is 7.34. The van der Waals surface area contributed by atoms with E-state index in [1.165, 1.54) is 25.7 Å². The minimum atomic E-state index is 0.144. The zero-order valence-corrected chi connectivity index (χ0v) is 12.0. The third-order valence-electron chi connectivity index (χ3n) is 3.74. The molecule has 6 nitrogen and oxygen atoms in total. The highest BCUT2D eigenvalue weighted by Gasteiger charge is 2.21. The van der Waals surface area contributed by atoms with E-state index >= 15 is 0 Å². The molecule has 20 heavy (non-hydrogen) atoms. The van der Waals surface area contributed by atoms with Gasteiger partial charge in [0, 0.05) is 19.2 Å². The number of nitrogens with zero attached hydrogens (tertiary/aromatic N) is 4. The standard InChI is InChI=1S/C13H18ClN5O/c14-13-17-11(15-6-3-7-20)10-12(18-13)19(8-16-10)9-4-1-2-5-9/h8-9,20H,1-7H2,(H,15,17,18). The van der Waals surface area contributed by atoms with Crippen LogP contribution in [0.1, 0.15) is 38.1 Å². The van der Waals surface area contributed by atoms with Gasteiger partial charge in [-0.25, -0.2) is 4.98 Å².